The van der Waals surface area contributed by atoms with Crippen LogP contribution in [0.1, 0.15) is 32.0 Å². The van der Waals surface area contributed by atoms with E-state index < -0.39 is 0 Å². The number of aryl methyl sites for hydroxylation is 1. The molecule has 0 atom stereocenters. The van der Waals surface area contributed by atoms with Crippen LogP contribution >= 0.6 is 11.5 Å². The van der Waals surface area contributed by atoms with Crippen LogP contribution in [0, 0.1) is 12.3 Å². The minimum Gasteiger partial charge on any atom is -0.360 e. The lowest BCUT2D eigenvalue weighted by Gasteiger charge is -1.97. The number of anilines is 1. The summed E-state index contributed by atoms with van der Waals surface area (Å²) in [5.41, 5.74) is 0. The van der Waals surface area contributed by atoms with Crippen molar-refractivity contribution in [1.29, 1.82) is 0 Å². The molecule has 0 saturated carbocycles. The molecule has 0 bridgehead atoms. The van der Waals surface area contributed by atoms with E-state index in [9.17, 15) is 0 Å². The normalized spacial score (nSPS) is 9.71. The molecule has 1 rings (SSSR count). The minimum atomic E-state index is 0.813. The molecule has 0 spiro atoms. The molecule has 1 N–H and O–H groups in total. The average Bonchev–Trinajstić information content (AvgIpc) is 2.61. The van der Waals surface area contributed by atoms with Crippen molar-refractivity contribution in [2.75, 3.05) is 11.9 Å². The quantitative estimate of drug-likeness (QED) is 0.577. The maximum Gasteiger partial charge on any atom is 0.202 e. The highest BCUT2D eigenvalue weighted by Crippen LogP contribution is 2.11. The van der Waals surface area contributed by atoms with Crippen LogP contribution in [-0.4, -0.2) is 15.9 Å². The van der Waals surface area contributed by atoms with E-state index in [1.165, 1.54) is 11.5 Å². The Kier molecular flexibility index (Phi) is 5.02. The Bertz CT molecular complexity index is 301. The van der Waals surface area contributed by atoms with Crippen LogP contribution in [0.15, 0.2) is 0 Å². The molecule has 3 nitrogen and oxygen atoms in total. The van der Waals surface area contributed by atoms with E-state index in [2.05, 4.69) is 27.5 Å². The Hall–Kier alpha value is -1.08. The molecule has 1 heterocycles. The SMILES string of the molecule is C#CCCCNc1nc(CCC)ns1. The molecule has 1 aromatic rings. The summed E-state index contributed by atoms with van der Waals surface area (Å²) >= 11 is 1.42. The molecule has 0 aliphatic rings. The first-order valence-electron chi connectivity index (χ1n) is 4.86. The summed E-state index contributed by atoms with van der Waals surface area (Å²) in [6.07, 6.45) is 9.00. The van der Waals surface area contributed by atoms with Gasteiger partial charge < -0.3 is 5.32 Å². The molecule has 0 fully saturated rings. The molecular weight excluding hydrogens is 194 g/mol. The van der Waals surface area contributed by atoms with Gasteiger partial charge in [-0.2, -0.15) is 4.37 Å². The number of rotatable bonds is 6. The predicted molar refractivity (Wildman–Crippen MR) is 60.5 cm³/mol. The summed E-state index contributed by atoms with van der Waals surface area (Å²) in [4.78, 5) is 4.34. The maximum atomic E-state index is 5.15. The lowest BCUT2D eigenvalue weighted by atomic mass is 10.3. The topological polar surface area (TPSA) is 37.8 Å². The second-order valence-electron chi connectivity index (χ2n) is 3.00. The van der Waals surface area contributed by atoms with Gasteiger partial charge in [-0.3, -0.25) is 0 Å². The summed E-state index contributed by atoms with van der Waals surface area (Å²) < 4.78 is 4.23. The molecule has 0 aromatic carbocycles. The van der Waals surface area contributed by atoms with Gasteiger partial charge in [-0.05, 0) is 12.8 Å². The third kappa shape index (κ3) is 3.75. The molecular formula is C10H15N3S. The van der Waals surface area contributed by atoms with E-state index in [4.69, 9.17) is 6.42 Å². The molecule has 0 radical (unpaired) electrons. The number of nitrogens with one attached hydrogen (secondary N) is 1. The van der Waals surface area contributed by atoms with Crippen LogP contribution in [0.3, 0.4) is 0 Å². The second kappa shape index (κ2) is 6.39. The summed E-state index contributed by atoms with van der Waals surface area (Å²) in [5, 5.41) is 4.12. The summed E-state index contributed by atoms with van der Waals surface area (Å²) in [5.74, 6) is 3.55. The highest BCUT2D eigenvalue weighted by molar-refractivity contribution is 7.09. The molecule has 0 saturated heterocycles. The Morgan fingerprint density at radius 1 is 1.57 bits per heavy atom. The molecule has 76 valence electrons. The molecule has 0 amide bonds. The second-order valence-corrected chi connectivity index (χ2v) is 3.75. The van der Waals surface area contributed by atoms with Gasteiger partial charge in [0.05, 0.1) is 0 Å². The molecule has 0 unspecified atom stereocenters. The van der Waals surface area contributed by atoms with Crippen molar-refractivity contribution in [3.8, 4) is 12.3 Å². The highest BCUT2D eigenvalue weighted by Gasteiger charge is 2.01. The van der Waals surface area contributed by atoms with E-state index in [-0.39, 0.29) is 0 Å². The standard InChI is InChI=1S/C10H15N3S/c1-3-5-6-8-11-10-12-9(7-4-2)13-14-10/h1H,4-8H2,2H3,(H,11,12,13). The van der Waals surface area contributed by atoms with Crippen molar-refractivity contribution >= 4 is 16.7 Å². The largest absolute Gasteiger partial charge is 0.360 e. The Balaban J connectivity index is 2.26. The van der Waals surface area contributed by atoms with Crippen molar-refractivity contribution in [3.63, 3.8) is 0 Å². The van der Waals surface area contributed by atoms with Gasteiger partial charge in [0.1, 0.15) is 5.82 Å². The van der Waals surface area contributed by atoms with Crippen molar-refractivity contribution in [3.05, 3.63) is 5.82 Å². The fraction of sp³-hybridized carbons (Fsp3) is 0.600. The zero-order chi connectivity index (χ0) is 10.2. The van der Waals surface area contributed by atoms with Crippen LogP contribution in [-0.2, 0) is 6.42 Å². The maximum absolute atomic E-state index is 5.15. The third-order valence-corrected chi connectivity index (χ3v) is 2.43. The van der Waals surface area contributed by atoms with E-state index in [1.54, 1.807) is 0 Å². The Morgan fingerprint density at radius 2 is 2.43 bits per heavy atom. The lowest BCUT2D eigenvalue weighted by molar-refractivity contribution is 0.857. The first-order valence-corrected chi connectivity index (χ1v) is 5.64. The average molecular weight is 209 g/mol. The minimum absolute atomic E-state index is 0.813. The number of terminal acetylenes is 1. The molecule has 0 aliphatic heterocycles. The van der Waals surface area contributed by atoms with E-state index >= 15 is 0 Å². The predicted octanol–water partition coefficient (Wildman–Crippen LogP) is 2.32. The van der Waals surface area contributed by atoms with Crippen molar-refractivity contribution in [2.24, 2.45) is 0 Å². The van der Waals surface area contributed by atoms with Crippen LogP contribution in [0.4, 0.5) is 5.13 Å². The van der Waals surface area contributed by atoms with Gasteiger partial charge in [0, 0.05) is 30.9 Å². The van der Waals surface area contributed by atoms with Crippen molar-refractivity contribution < 1.29 is 0 Å². The Morgan fingerprint density at radius 3 is 3.14 bits per heavy atom. The van der Waals surface area contributed by atoms with Crippen molar-refractivity contribution in [1.82, 2.24) is 9.36 Å². The number of hydrogen-bond donors (Lipinski definition) is 1. The molecule has 4 heteroatoms. The fourth-order valence-corrected chi connectivity index (χ4v) is 1.67. The number of hydrogen-bond acceptors (Lipinski definition) is 4. The molecule has 0 aliphatic carbocycles. The number of nitrogens with zero attached hydrogens (tertiary/aromatic N) is 2. The van der Waals surface area contributed by atoms with Gasteiger partial charge >= 0.3 is 0 Å². The van der Waals surface area contributed by atoms with Crippen LogP contribution in [0.5, 0.6) is 0 Å². The highest BCUT2D eigenvalue weighted by atomic mass is 32.1. The molecule has 14 heavy (non-hydrogen) atoms. The molecule has 1 aromatic heterocycles. The summed E-state index contributed by atoms with van der Waals surface area (Å²) in [7, 11) is 0. The summed E-state index contributed by atoms with van der Waals surface area (Å²) in [6.45, 7) is 3.01. The van der Waals surface area contributed by atoms with E-state index in [1.807, 2.05) is 0 Å². The monoisotopic (exact) mass is 209 g/mol. The van der Waals surface area contributed by atoms with Gasteiger partial charge in [0.2, 0.25) is 5.13 Å². The Labute approximate surface area is 89.1 Å². The third-order valence-electron chi connectivity index (χ3n) is 1.72. The first kappa shape index (κ1) is 11.0. The van der Waals surface area contributed by atoms with Gasteiger partial charge in [-0.25, -0.2) is 4.98 Å². The van der Waals surface area contributed by atoms with Gasteiger partial charge in [-0.1, -0.05) is 6.92 Å². The van der Waals surface area contributed by atoms with Crippen LogP contribution in [0.2, 0.25) is 0 Å². The van der Waals surface area contributed by atoms with E-state index in [0.29, 0.717) is 0 Å². The van der Waals surface area contributed by atoms with Gasteiger partial charge in [-0.15, -0.1) is 12.3 Å². The van der Waals surface area contributed by atoms with Crippen molar-refractivity contribution in [2.45, 2.75) is 32.6 Å². The first-order chi connectivity index (χ1) is 6.86. The van der Waals surface area contributed by atoms with Crippen LogP contribution < -0.4 is 5.32 Å². The van der Waals surface area contributed by atoms with Gasteiger partial charge in [0.15, 0.2) is 0 Å². The zero-order valence-corrected chi connectivity index (χ0v) is 9.23. The van der Waals surface area contributed by atoms with Gasteiger partial charge in [0.25, 0.3) is 0 Å². The number of unbranched alkanes of at least 4 members (excludes halogenated alkanes) is 1. The van der Waals surface area contributed by atoms with Crippen LogP contribution in [0.25, 0.3) is 0 Å². The number of aromatic nitrogens is 2. The zero-order valence-electron chi connectivity index (χ0n) is 8.42. The smallest absolute Gasteiger partial charge is 0.202 e. The van der Waals surface area contributed by atoms with E-state index in [0.717, 1.165) is 43.2 Å². The summed E-state index contributed by atoms with van der Waals surface area (Å²) in [6, 6.07) is 0. The lowest BCUT2D eigenvalue weighted by Crippen LogP contribution is -2.00. The fourth-order valence-electron chi connectivity index (χ4n) is 1.04.